The summed E-state index contributed by atoms with van der Waals surface area (Å²) in [6, 6.07) is 7.83. The average Bonchev–Trinajstić information content (AvgIpc) is 3.30. The minimum Gasteiger partial charge on any atom is -0.382 e. The molecule has 4 N–H and O–H groups in total. The second kappa shape index (κ2) is 6.14. The van der Waals surface area contributed by atoms with E-state index >= 15 is 0 Å². The number of aromatic amines is 2. The molecule has 8 nitrogen and oxygen atoms in total. The molecule has 26 heavy (non-hydrogen) atoms. The first kappa shape index (κ1) is 16.1. The Labute approximate surface area is 149 Å². The summed E-state index contributed by atoms with van der Waals surface area (Å²) in [5.41, 5.74) is 10.2. The number of nitrogens with two attached hydrogens (primary N) is 1. The van der Waals surface area contributed by atoms with Gasteiger partial charge in [-0.05, 0) is 18.2 Å². The van der Waals surface area contributed by atoms with Crippen LogP contribution in [0.4, 0.5) is 5.82 Å². The third kappa shape index (κ3) is 2.65. The van der Waals surface area contributed by atoms with E-state index in [1.54, 1.807) is 18.1 Å². The summed E-state index contributed by atoms with van der Waals surface area (Å²) in [5, 5.41) is 7.83. The number of aromatic nitrogens is 5. The molecule has 0 saturated carbocycles. The van der Waals surface area contributed by atoms with E-state index < -0.39 is 0 Å². The topological polar surface area (TPSA) is 117 Å². The summed E-state index contributed by atoms with van der Waals surface area (Å²) in [4.78, 5) is 25.8. The molecule has 3 heterocycles. The standard InChI is InChI=1S/C18H19N7O/c1-3-15(26)25(2)9-14-22-16-11-5-4-10(12-6-7-20-24-12)8-13(11)21-18(19)17(16)23-14/h4-8H,3,9H2,1-2H3,(H2,19,21)(H,20,24)(H,22,23). The molecule has 4 aromatic rings. The van der Waals surface area contributed by atoms with E-state index in [1.165, 1.54) is 0 Å². The lowest BCUT2D eigenvalue weighted by atomic mass is 10.1. The zero-order valence-corrected chi connectivity index (χ0v) is 14.6. The first-order valence-corrected chi connectivity index (χ1v) is 8.38. The van der Waals surface area contributed by atoms with Crippen molar-refractivity contribution in [2.75, 3.05) is 12.8 Å². The second-order valence-corrected chi connectivity index (χ2v) is 6.21. The fourth-order valence-electron chi connectivity index (χ4n) is 3.05. The van der Waals surface area contributed by atoms with Crippen molar-refractivity contribution < 1.29 is 4.79 Å². The lowest BCUT2D eigenvalue weighted by Crippen LogP contribution is -2.25. The summed E-state index contributed by atoms with van der Waals surface area (Å²) in [5.74, 6) is 1.13. The van der Waals surface area contributed by atoms with Crippen LogP contribution in [0.3, 0.4) is 0 Å². The number of carbonyl (C=O) groups excluding carboxylic acids is 1. The van der Waals surface area contributed by atoms with Crippen molar-refractivity contribution >= 4 is 33.7 Å². The van der Waals surface area contributed by atoms with Crippen molar-refractivity contribution in [1.29, 1.82) is 0 Å². The van der Waals surface area contributed by atoms with Crippen LogP contribution in [0, 0.1) is 0 Å². The Balaban J connectivity index is 1.80. The number of nitrogens with one attached hydrogen (secondary N) is 2. The van der Waals surface area contributed by atoms with Crippen molar-refractivity contribution in [3.05, 3.63) is 36.3 Å². The molecule has 0 aliphatic rings. The van der Waals surface area contributed by atoms with Crippen LogP contribution in [0.5, 0.6) is 0 Å². The van der Waals surface area contributed by atoms with E-state index in [9.17, 15) is 4.79 Å². The van der Waals surface area contributed by atoms with Crippen LogP contribution in [-0.4, -0.2) is 43.0 Å². The third-order valence-corrected chi connectivity index (χ3v) is 4.43. The molecule has 0 fully saturated rings. The Morgan fingerprint density at radius 1 is 1.27 bits per heavy atom. The van der Waals surface area contributed by atoms with Gasteiger partial charge in [0, 0.05) is 30.6 Å². The van der Waals surface area contributed by atoms with Gasteiger partial charge in [-0.1, -0.05) is 13.0 Å². The van der Waals surface area contributed by atoms with Crippen molar-refractivity contribution in [1.82, 2.24) is 30.0 Å². The van der Waals surface area contributed by atoms with Crippen LogP contribution in [0.2, 0.25) is 0 Å². The molecule has 0 saturated heterocycles. The number of H-pyrrole nitrogens is 2. The van der Waals surface area contributed by atoms with Gasteiger partial charge < -0.3 is 15.6 Å². The fraction of sp³-hybridized carbons (Fsp3) is 0.222. The van der Waals surface area contributed by atoms with Gasteiger partial charge in [0.15, 0.2) is 0 Å². The number of nitrogen functional groups attached to an aromatic ring is 1. The smallest absolute Gasteiger partial charge is 0.222 e. The lowest BCUT2D eigenvalue weighted by Gasteiger charge is -2.13. The fourth-order valence-corrected chi connectivity index (χ4v) is 3.05. The maximum absolute atomic E-state index is 11.8. The Morgan fingerprint density at radius 2 is 2.12 bits per heavy atom. The van der Waals surface area contributed by atoms with Crippen molar-refractivity contribution in [2.24, 2.45) is 0 Å². The third-order valence-electron chi connectivity index (χ3n) is 4.43. The maximum Gasteiger partial charge on any atom is 0.222 e. The minimum atomic E-state index is 0.0608. The predicted molar refractivity (Wildman–Crippen MR) is 100 cm³/mol. The summed E-state index contributed by atoms with van der Waals surface area (Å²) in [6.45, 7) is 2.23. The van der Waals surface area contributed by atoms with Gasteiger partial charge in [-0.3, -0.25) is 9.89 Å². The molecule has 0 radical (unpaired) electrons. The molecule has 0 spiro atoms. The highest BCUT2D eigenvalue weighted by atomic mass is 16.2. The van der Waals surface area contributed by atoms with Gasteiger partial charge in [-0.15, -0.1) is 0 Å². The van der Waals surface area contributed by atoms with Crippen molar-refractivity contribution in [3.8, 4) is 11.3 Å². The van der Waals surface area contributed by atoms with Crippen LogP contribution < -0.4 is 5.73 Å². The number of benzene rings is 1. The molecule has 0 unspecified atom stereocenters. The number of amides is 1. The van der Waals surface area contributed by atoms with E-state index in [4.69, 9.17) is 5.73 Å². The molecule has 0 atom stereocenters. The maximum atomic E-state index is 11.8. The number of carbonyl (C=O) groups is 1. The minimum absolute atomic E-state index is 0.0608. The van der Waals surface area contributed by atoms with Crippen LogP contribution in [-0.2, 0) is 11.3 Å². The molecule has 0 bridgehead atoms. The quantitative estimate of drug-likeness (QED) is 0.523. The molecular formula is C18H19N7O. The molecule has 0 aliphatic carbocycles. The van der Waals surface area contributed by atoms with E-state index in [-0.39, 0.29) is 5.91 Å². The molecular weight excluding hydrogens is 330 g/mol. The highest BCUT2D eigenvalue weighted by Crippen LogP contribution is 2.29. The van der Waals surface area contributed by atoms with Gasteiger partial charge >= 0.3 is 0 Å². The molecule has 132 valence electrons. The summed E-state index contributed by atoms with van der Waals surface area (Å²) >= 11 is 0. The number of hydrogen-bond donors (Lipinski definition) is 3. The highest BCUT2D eigenvalue weighted by molar-refractivity contribution is 6.07. The number of hydrogen-bond acceptors (Lipinski definition) is 5. The van der Waals surface area contributed by atoms with Gasteiger partial charge in [0.05, 0.1) is 17.8 Å². The zero-order chi connectivity index (χ0) is 18.3. The number of fused-ring (bicyclic) bond motifs is 3. The SMILES string of the molecule is CCC(=O)N(C)Cc1nc2c([nH]1)c(N)nc1cc(-c3ccn[nH]3)ccc12. The Morgan fingerprint density at radius 3 is 2.85 bits per heavy atom. The Bertz CT molecular complexity index is 1100. The average molecular weight is 349 g/mol. The van der Waals surface area contributed by atoms with E-state index in [0.29, 0.717) is 30.1 Å². The van der Waals surface area contributed by atoms with Gasteiger partial charge in [0.2, 0.25) is 5.91 Å². The highest BCUT2D eigenvalue weighted by Gasteiger charge is 2.15. The molecule has 8 heteroatoms. The number of rotatable bonds is 4. The molecule has 4 rings (SSSR count). The number of imidazole rings is 1. The zero-order valence-electron chi connectivity index (χ0n) is 14.6. The van der Waals surface area contributed by atoms with Gasteiger partial charge in [-0.2, -0.15) is 5.10 Å². The lowest BCUT2D eigenvalue weighted by molar-refractivity contribution is -0.130. The second-order valence-electron chi connectivity index (χ2n) is 6.21. The first-order valence-electron chi connectivity index (χ1n) is 8.38. The number of pyridine rings is 1. The normalized spacial score (nSPS) is 11.3. The van der Waals surface area contributed by atoms with Crippen LogP contribution in [0.25, 0.3) is 33.2 Å². The van der Waals surface area contributed by atoms with Crippen molar-refractivity contribution in [3.63, 3.8) is 0 Å². The molecule has 1 aromatic carbocycles. The summed E-state index contributed by atoms with van der Waals surface area (Å²) in [6.07, 6.45) is 2.17. The summed E-state index contributed by atoms with van der Waals surface area (Å²) in [7, 11) is 1.76. The van der Waals surface area contributed by atoms with Crippen LogP contribution in [0.1, 0.15) is 19.2 Å². The van der Waals surface area contributed by atoms with Crippen LogP contribution in [0.15, 0.2) is 30.5 Å². The number of nitrogens with zero attached hydrogens (tertiary/aromatic N) is 4. The van der Waals surface area contributed by atoms with Gasteiger partial charge in [-0.25, -0.2) is 9.97 Å². The molecule has 1 amide bonds. The Kier molecular flexibility index (Phi) is 3.80. The monoisotopic (exact) mass is 349 g/mol. The van der Waals surface area contributed by atoms with E-state index in [2.05, 4.69) is 25.1 Å². The van der Waals surface area contributed by atoms with E-state index in [1.807, 2.05) is 31.2 Å². The number of anilines is 1. The Hall–Kier alpha value is -3.42. The van der Waals surface area contributed by atoms with Crippen LogP contribution >= 0.6 is 0 Å². The largest absolute Gasteiger partial charge is 0.382 e. The summed E-state index contributed by atoms with van der Waals surface area (Å²) < 4.78 is 0. The molecule has 0 aliphatic heterocycles. The van der Waals surface area contributed by atoms with Gasteiger partial charge in [0.25, 0.3) is 0 Å². The van der Waals surface area contributed by atoms with Crippen molar-refractivity contribution in [2.45, 2.75) is 19.9 Å². The van der Waals surface area contributed by atoms with E-state index in [0.717, 1.165) is 27.7 Å². The first-order chi connectivity index (χ1) is 12.6. The molecule has 3 aromatic heterocycles. The predicted octanol–water partition coefficient (Wildman–Crippen LogP) is 2.45. The van der Waals surface area contributed by atoms with Gasteiger partial charge in [0.1, 0.15) is 22.7 Å².